The van der Waals surface area contributed by atoms with E-state index >= 15 is 0 Å². The third kappa shape index (κ3) is 3.91. The summed E-state index contributed by atoms with van der Waals surface area (Å²) < 4.78 is 27.1. The number of aromatic nitrogens is 2. The van der Waals surface area contributed by atoms with E-state index in [4.69, 9.17) is 5.73 Å². The Labute approximate surface area is 196 Å². The number of fused-ring (bicyclic) bond motifs is 1. The van der Waals surface area contributed by atoms with Crippen LogP contribution in [0.3, 0.4) is 0 Å². The number of carbonyl (C=O) groups is 1. The number of piperazine rings is 1. The van der Waals surface area contributed by atoms with Crippen LogP contribution in [0.25, 0.3) is 10.9 Å². The standard InChI is InChI=1S/C25H29F2N5O2/c1-16-2-3-17(23(28)33)13-25(16,18-4-5-18)32-15-29-21-7-6-19(12-20(21)24(32)34)31-10-8-30(9-11-31)14-22(26)27/h2-3,6-7,12,15,18,22H,4-5,8-11,13-14H2,1H3,(H2,28,33). The highest BCUT2D eigenvalue weighted by Gasteiger charge is 2.50. The van der Waals surface area contributed by atoms with Crippen molar-refractivity contribution in [2.24, 2.45) is 11.7 Å². The number of hydrogen-bond donors (Lipinski definition) is 1. The number of primary amides is 1. The Morgan fingerprint density at radius 3 is 2.59 bits per heavy atom. The Morgan fingerprint density at radius 2 is 1.94 bits per heavy atom. The van der Waals surface area contributed by atoms with Crippen molar-refractivity contribution in [3.63, 3.8) is 0 Å². The van der Waals surface area contributed by atoms with E-state index in [2.05, 4.69) is 9.88 Å². The number of benzene rings is 1. The minimum atomic E-state index is -2.34. The Kier molecular flexibility index (Phi) is 5.75. The molecule has 1 unspecified atom stereocenters. The molecular weight excluding hydrogens is 440 g/mol. The second kappa shape index (κ2) is 8.61. The highest BCUT2D eigenvalue weighted by molar-refractivity contribution is 5.93. The van der Waals surface area contributed by atoms with Crippen molar-refractivity contribution in [3.05, 3.63) is 58.2 Å². The SMILES string of the molecule is CC1=CC=C(C(N)=O)CC1(C1CC1)n1cnc2ccc(N3CCN(CC(F)F)CC3)cc2c1=O. The Morgan fingerprint density at radius 1 is 1.21 bits per heavy atom. The van der Waals surface area contributed by atoms with Gasteiger partial charge in [-0.1, -0.05) is 12.2 Å². The molecular formula is C25H29F2N5O2. The van der Waals surface area contributed by atoms with Gasteiger partial charge < -0.3 is 10.6 Å². The molecule has 0 radical (unpaired) electrons. The highest BCUT2D eigenvalue weighted by Crippen LogP contribution is 2.52. The maximum absolute atomic E-state index is 13.8. The zero-order valence-electron chi connectivity index (χ0n) is 19.2. The molecule has 34 heavy (non-hydrogen) atoms. The van der Waals surface area contributed by atoms with Gasteiger partial charge in [0.25, 0.3) is 12.0 Å². The fourth-order valence-electron chi connectivity index (χ4n) is 5.50. The largest absolute Gasteiger partial charge is 0.369 e. The van der Waals surface area contributed by atoms with Crippen LogP contribution < -0.4 is 16.2 Å². The number of amides is 1. The van der Waals surface area contributed by atoms with Crippen LogP contribution in [0, 0.1) is 5.92 Å². The summed E-state index contributed by atoms with van der Waals surface area (Å²) in [5, 5.41) is 0.512. The number of allylic oxidation sites excluding steroid dienone is 3. The second-order valence-corrected chi connectivity index (χ2v) is 9.58. The molecule has 9 heteroatoms. The van der Waals surface area contributed by atoms with Crippen LogP contribution in [-0.4, -0.2) is 59.5 Å². The molecule has 5 rings (SSSR count). The van der Waals surface area contributed by atoms with Crippen LogP contribution in [-0.2, 0) is 10.3 Å². The summed E-state index contributed by atoms with van der Waals surface area (Å²) in [5.74, 6) is -0.223. The third-order valence-electron chi connectivity index (χ3n) is 7.55. The zero-order chi connectivity index (χ0) is 24.0. The van der Waals surface area contributed by atoms with Crippen LogP contribution in [0.4, 0.5) is 14.5 Å². The molecule has 1 aromatic heterocycles. The number of nitrogens with zero attached hydrogens (tertiary/aromatic N) is 4. The van der Waals surface area contributed by atoms with Gasteiger partial charge >= 0.3 is 0 Å². The lowest BCUT2D eigenvalue weighted by Crippen LogP contribution is -2.48. The first-order chi connectivity index (χ1) is 16.3. The maximum atomic E-state index is 13.8. The number of halogens is 2. The van der Waals surface area contributed by atoms with E-state index in [1.165, 1.54) is 0 Å². The minimum Gasteiger partial charge on any atom is -0.369 e. The van der Waals surface area contributed by atoms with Crippen molar-refractivity contribution < 1.29 is 13.6 Å². The summed E-state index contributed by atoms with van der Waals surface area (Å²) in [4.78, 5) is 34.3. The molecule has 180 valence electrons. The van der Waals surface area contributed by atoms with Gasteiger partial charge in [-0.3, -0.25) is 19.1 Å². The molecule has 1 saturated heterocycles. The Bertz CT molecular complexity index is 1240. The van der Waals surface area contributed by atoms with Gasteiger partial charge in [0.05, 0.1) is 29.3 Å². The molecule has 1 aliphatic heterocycles. The van der Waals surface area contributed by atoms with E-state index in [1.807, 2.05) is 31.2 Å². The van der Waals surface area contributed by atoms with Crippen LogP contribution in [0.5, 0.6) is 0 Å². The first-order valence-electron chi connectivity index (χ1n) is 11.7. The summed E-state index contributed by atoms with van der Waals surface area (Å²) in [6.07, 6.45) is 5.26. The van der Waals surface area contributed by atoms with Crippen molar-refractivity contribution in [1.82, 2.24) is 14.5 Å². The number of carbonyl (C=O) groups excluding carboxylic acids is 1. The topological polar surface area (TPSA) is 84.5 Å². The van der Waals surface area contributed by atoms with Gasteiger partial charge in [0, 0.05) is 43.9 Å². The fourth-order valence-corrected chi connectivity index (χ4v) is 5.50. The van der Waals surface area contributed by atoms with Crippen molar-refractivity contribution >= 4 is 22.5 Å². The number of nitrogens with two attached hydrogens (primary N) is 1. The van der Waals surface area contributed by atoms with Crippen molar-refractivity contribution in [3.8, 4) is 0 Å². The smallest absolute Gasteiger partial charge is 0.262 e. The van der Waals surface area contributed by atoms with Crippen LogP contribution >= 0.6 is 0 Å². The van der Waals surface area contributed by atoms with E-state index < -0.39 is 17.9 Å². The Balaban J connectivity index is 1.51. The number of rotatable bonds is 6. The molecule has 1 saturated carbocycles. The molecule has 2 heterocycles. The van der Waals surface area contributed by atoms with E-state index in [0.717, 1.165) is 24.1 Å². The first-order valence-corrected chi connectivity index (χ1v) is 11.7. The maximum Gasteiger partial charge on any atom is 0.262 e. The molecule has 2 aliphatic carbocycles. The predicted octanol–water partition coefficient (Wildman–Crippen LogP) is 2.65. The number of anilines is 1. The molecule has 1 amide bonds. The first kappa shape index (κ1) is 22.7. The average Bonchev–Trinajstić information content (AvgIpc) is 3.66. The van der Waals surface area contributed by atoms with E-state index in [-0.39, 0.29) is 18.0 Å². The summed E-state index contributed by atoms with van der Waals surface area (Å²) in [6.45, 7) is 4.13. The molecule has 7 nitrogen and oxygen atoms in total. The fraction of sp³-hybridized carbons (Fsp3) is 0.480. The van der Waals surface area contributed by atoms with E-state index in [9.17, 15) is 18.4 Å². The van der Waals surface area contributed by atoms with Gasteiger partial charge in [0.1, 0.15) is 0 Å². The molecule has 2 fully saturated rings. The molecule has 2 N–H and O–H groups in total. The van der Waals surface area contributed by atoms with E-state index in [1.54, 1.807) is 21.9 Å². The molecule has 0 spiro atoms. The molecule has 2 aromatic rings. The average molecular weight is 470 g/mol. The molecule has 1 atom stereocenters. The minimum absolute atomic E-state index is 0.145. The number of alkyl halides is 2. The summed E-state index contributed by atoms with van der Waals surface area (Å²) in [6, 6.07) is 5.62. The van der Waals surface area contributed by atoms with Gasteiger partial charge in [-0.15, -0.1) is 0 Å². The van der Waals surface area contributed by atoms with Gasteiger partial charge in [0.2, 0.25) is 5.91 Å². The van der Waals surface area contributed by atoms with Crippen LogP contribution in [0.2, 0.25) is 0 Å². The number of hydrogen-bond acceptors (Lipinski definition) is 5. The van der Waals surface area contributed by atoms with Gasteiger partial charge in [-0.25, -0.2) is 13.8 Å². The lowest BCUT2D eigenvalue weighted by molar-refractivity contribution is -0.114. The quantitative estimate of drug-likeness (QED) is 0.703. The van der Waals surface area contributed by atoms with Gasteiger partial charge in [0.15, 0.2) is 0 Å². The molecule has 1 aromatic carbocycles. The predicted molar refractivity (Wildman–Crippen MR) is 127 cm³/mol. The molecule has 0 bridgehead atoms. The monoisotopic (exact) mass is 469 g/mol. The molecule has 3 aliphatic rings. The Hall–Kier alpha value is -3.07. The highest BCUT2D eigenvalue weighted by atomic mass is 19.3. The summed E-state index contributed by atoms with van der Waals surface area (Å²) in [5.41, 5.74) is 7.85. The lowest BCUT2D eigenvalue weighted by atomic mass is 9.76. The second-order valence-electron chi connectivity index (χ2n) is 9.58. The van der Waals surface area contributed by atoms with Crippen LogP contribution in [0.15, 0.2) is 52.6 Å². The van der Waals surface area contributed by atoms with Crippen LogP contribution in [0.1, 0.15) is 26.2 Å². The van der Waals surface area contributed by atoms with Crippen molar-refractivity contribution in [1.29, 1.82) is 0 Å². The van der Waals surface area contributed by atoms with Crippen molar-refractivity contribution in [2.75, 3.05) is 37.6 Å². The van der Waals surface area contributed by atoms with Crippen molar-refractivity contribution in [2.45, 2.75) is 38.2 Å². The summed E-state index contributed by atoms with van der Waals surface area (Å²) in [7, 11) is 0. The summed E-state index contributed by atoms with van der Waals surface area (Å²) >= 11 is 0. The lowest BCUT2D eigenvalue weighted by Gasteiger charge is -2.39. The van der Waals surface area contributed by atoms with Gasteiger partial charge in [-0.05, 0) is 49.5 Å². The zero-order valence-corrected chi connectivity index (χ0v) is 19.2. The van der Waals surface area contributed by atoms with Gasteiger partial charge in [-0.2, -0.15) is 0 Å². The third-order valence-corrected chi connectivity index (χ3v) is 7.55. The normalized spacial score (nSPS) is 23.8. The van der Waals surface area contributed by atoms with E-state index in [0.29, 0.717) is 49.1 Å².